The molecule has 0 amide bonds. The van der Waals surface area contributed by atoms with Crippen LogP contribution in [-0.2, 0) is 16.0 Å². The molecule has 0 bridgehead atoms. The molecule has 0 aliphatic heterocycles. The van der Waals surface area contributed by atoms with Crippen LogP contribution in [0, 0.1) is 0 Å². The van der Waals surface area contributed by atoms with E-state index in [0.29, 0.717) is 18.8 Å². The van der Waals surface area contributed by atoms with Crippen LogP contribution in [0.15, 0.2) is 61.3 Å². The van der Waals surface area contributed by atoms with Crippen LogP contribution in [-0.4, -0.2) is 26.7 Å². The van der Waals surface area contributed by atoms with Crippen molar-refractivity contribution < 1.29 is 9.59 Å². The number of allylic oxidation sites excluding steroid dienone is 1. The van der Waals surface area contributed by atoms with E-state index in [-0.39, 0.29) is 36.9 Å². The SMILES string of the molecule is C=CC(=O)CC(CC)c1ccc(-c2ccc([C@H](C)C(=O)Cc3cc(C4CC4)n[nH]3)cc2)cn1.S. The molecular weight excluding hydrogens is 442 g/mol. The van der Waals surface area contributed by atoms with Gasteiger partial charge in [-0.25, -0.2) is 0 Å². The molecule has 4 rings (SSSR count). The zero-order chi connectivity index (χ0) is 23.4. The lowest BCUT2D eigenvalue weighted by Gasteiger charge is -2.14. The summed E-state index contributed by atoms with van der Waals surface area (Å²) >= 11 is 0. The number of aromatic amines is 1. The highest BCUT2D eigenvalue weighted by Crippen LogP contribution is 2.39. The molecule has 3 aromatic rings. The maximum absolute atomic E-state index is 12.8. The Balaban J connectivity index is 0.00000324. The summed E-state index contributed by atoms with van der Waals surface area (Å²) in [7, 11) is 0. The fraction of sp³-hybridized carbons (Fsp3) is 0.357. The van der Waals surface area contributed by atoms with Gasteiger partial charge in [0.25, 0.3) is 0 Å². The second kappa shape index (κ2) is 11.4. The van der Waals surface area contributed by atoms with Gasteiger partial charge in [0.05, 0.1) is 5.69 Å². The maximum Gasteiger partial charge on any atom is 0.155 e. The summed E-state index contributed by atoms with van der Waals surface area (Å²) in [4.78, 5) is 29.2. The normalized spacial score (nSPS) is 14.6. The fourth-order valence-corrected chi connectivity index (χ4v) is 4.15. The molecule has 0 saturated heterocycles. The molecule has 5 nitrogen and oxygen atoms in total. The molecule has 2 atom stereocenters. The number of nitrogens with one attached hydrogen (secondary N) is 1. The number of carbonyl (C=O) groups excluding carboxylic acids is 2. The Bertz CT molecular complexity index is 1130. The number of pyridine rings is 1. The topological polar surface area (TPSA) is 75.7 Å². The second-order valence-corrected chi connectivity index (χ2v) is 9.03. The number of Topliss-reactive ketones (excluding diaryl/α,β-unsaturated/α-hetero) is 1. The van der Waals surface area contributed by atoms with Gasteiger partial charge in [-0.3, -0.25) is 19.7 Å². The summed E-state index contributed by atoms with van der Waals surface area (Å²) in [6.45, 7) is 7.59. The summed E-state index contributed by atoms with van der Waals surface area (Å²) in [6, 6.07) is 14.2. The minimum absolute atomic E-state index is 0. The predicted molar refractivity (Wildman–Crippen MR) is 141 cm³/mol. The van der Waals surface area contributed by atoms with E-state index in [2.05, 4.69) is 28.7 Å². The molecule has 34 heavy (non-hydrogen) atoms. The van der Waals surface area contributed by atoms with Crippen molar-refractivity contribution in [2.24, 2.45) is 0 Å². The van der Waals surface area contributed by atoms with Gasteiger partial charge in [0.1, 0.15) is 5.78 Å². The van der Waals surface area contributed by atoms with Crippen molar-refractivity contribution in [3.05, 3.63) is 84.0 Å². The quantitative estimate of drug-likeness (QED) is 0.344. The molecule has 1 fully saturated rings. The molecule has 1 N–H and O–H groups in total. The Morgan fingerprint density at radius 3 is 2.44 bits per heavy atom. The van der Waals surface area contributed by atoms with Crippen molar-refractivity contribution in [3.63, 3.8) is 0 Å². The number of carbonyl (C=O) groups is 2. The molecule has 1 aromatic carbocycles. The third-order valence-electron chi connectivity index (χ3n) is 6.61. The number of aromatic nitrogens is 3. The summed E-state index contributed by atoms with van der Waals surface area (Å²) in [5.41, 5.74) is 5.98. The lowest BCUT2D eigenvalue weighted by atomic mass is 9.92. The van der Waals surface area contributed by atoms with Crippen LogP contribution in [0.3, 0.4) is 0 Å². The highest BCUT2D eigenvalue weighted by atomic mass is 32.1. The molecule has 2 aromatic heterocycles. The number of hydrogen-bond donors (Lipinski definition) is 1. The van der Waals surface area contributed by atoms with Gasteiger partial charge < -0.3 is 0 Å². The van der Waals surface area contributed by atoms with Crippen LogP contribution < -0.4 is 0 Å². The Labute approximate surface area is 208 Å². The number of H-pyrrole nitrogens is 1. The van der Waals surface area contributed by atoms with Crippen LogP contribution in [0.4, 0.5) is 0 Å². The maximum atomic E-state index is 12.8. The van der Waals surface area contributed by atoms with Crippen molar-refractivity contribution in [2.45, 2.75) is 63.7 Å². The van der Waals surface area contributed by atoms with Crippen molar-refractivity contribution >= 4 is 25.1 Å². The Hall–Kier alpha value is -2.99. The van der Waals surface area contributed by atoms with Gasteiger partial charge in [-0.2, -0.15) is 18.6 Å². The Kier molecular flexibility index (Phi) is 8.61. The van der Waals surface area contributed by atoms with E-state index in [4.69, 9.17) is 0 Å². The smallest absolute Gasteiger partial charge is 0.155 e. The first-order valence-corrected chi connectivity index (χ1v) is 11.8. The second-order valence-electron chi connectivity index (χ2n) is 9.03. The Morgan fingerprint density at radius 2 is 1.85 bits per heavy atom. The van der Waals surface area contributed by atoms with E-state index < -0.39 is 0 Å². The van der Waals surface area contributed by atoms with Crippen molar-refractivity contribution in [2.75, 3.05) is 0 Å². The van der Waals surface area contributed by atoms with Gasteiger partial charge in [-0.1, -0.05) is 50.8 Å². The molecule has 1 saturated carbocycles. The predicted octanol–water partition coefficient (Wildman–Crippen LogP) is 6.02. The third-order valence-corrected chi connectivity index (χ3v) is 6.61. The molecule has 1 unspecified atom stereocenters. The minimum Gasteiger partial charge on any atom is -0.299 e. The van der Waals surface area contributed by atoms with Crippen LogP contribution >= 0.6 is 13.5 Å². The van der Waals surface area contributed by atoms with E-state index in [1.54, 1.807) is 0 Å². The highest BCUT2D eigenvalue weighted by Gasteiger charge is 2.26. The zero-order valence-corrected chi connectivity index (χ0v) is 20.9. The van der Waals surface area contributed by atoms with E-state index in [1.165, 1.54) is 18.9 Å². The van der Waals surface area contributed by atoms with E-state index >= 15 is 0 Å². The van der Waals surface area contributed by atoms with Gasteiger partial charge in [0.2, 0.25) is 0 Å². The van der Waals surface area contributed by atoms with Crippen molar-refractivity contribution in [1.29, 1.82) is 0 Å². The molecule has 1 aliphatic carbocycles. The first-order valence-electron chi connectivity index (χ1n) is 11.8. The number of ketones is 2. The third kappa shape index (κ3) is 6.11. The van der Waals surface area contributed by atoms with Crippen molar-refractivity contribution in [3.8, 4) is 11.1 Å². The number of rotatable bonds is 11. The highest BCUT2D eigenvalue weighted by molar-refractivity contribution is 7.59. The molecular formula is C28H33N3O2S. The largest absolute Gasteiger partial charge is 0.299 e. The summed E-state index contributed by atoms with van der Waals surface area (Å²) in [6.07, 6.45) is 7.31. The fourth-order valence-electron chi connectivity index (χ4n) is 4.15. The summed E-state index contributed by atoms with van der Waals surface area (Å²) in [5, 5.41) is 7.37. The lowest BCUT2D eigenvalue weighted by Crippen LogP contribution is -2.12. The summed E-state index contributed by atoms with van der Waals surface area (Å²) in [5.74, 6) is 0.734. The zero-order valence-electron chi connectivity index (χ0n) is 19.9. The number of nitrogens with zero attached hydrogens (tertiary/aromatic N) is 2. The van der Waals surface area contributed by atoms with Gasteiger partial charge in [-0.05, 0) is 48.6 Å². The van der Waals surface area contributed by atoms with Crippen LogP contribution in [0.1, 0.15) is 79.9 Å². The molecule has 2 heterocycles. The molecule has 0 spiro atoms. The van der Waals surface area contributed by atoms with Crippen LogP contribution in [0.5, 0.6) is 0 Å². The van der Waals surface area contributed by atoms with Crippen LogP contribution in [0.25, 0.3) is 11.1 Å². The van der Waals surface area contributed by atoms with E-state index in [0.717, 1.165) is 40.2 Å². The average Bonchev–Trinajstić information content (AvgIpc) is 3.60. The first kappa shape index (κ1) is 25.6. The van der Waals surface area contributed by atoms with E-state index in [9.17, 15) is 9.59 Å². The van der Waals surface area contributed by atoms with Crippen LogP contribution in [0.2, 0.25) is 0 Å². The lowest BCUT2D eigenvalue weighted by molar-refractivity contribution is -0.119. The molecule has 1 aliphatic rings. The van der Waals surface area contributed by atoms with E-state index in [1.807, 2.05) is 55.6 Å². The minimum atomic E-state index is -0.181. The molecule has 0 radical (unpaired) electrons. The van der Waals surface area contributed by atoms with Gasteiger partial charge >= 0.3 is 0 Å². The average molecular weight is 476 g/mol. The number of hydrogen-bond acceptors (Lipinski definition) is 4. The van der Waals surface area contributed by atoms with Crippen molar-refractivity contribution in [1.82, 2.24) is 15.2 Å². The first-order chi connectivity index (χ1) is 16.0. The Morgan fingerprint density at radius 1 is 1.15 bits per heavy atom. The summed E-state index contributed by atoms with van der Waals surface area (Å²) < 4.78 is 0. The van der Waals surface area contributed by atoms with Gasteiger partial charge in [0, 0.05) is 53.7 Å². The van der Waals surface area contributed by atoms with Gasteiger partial charge in [0.15, 0.2) is 5.78 Å². The molecule has 6 heteroatoms. The molecule has 178 valence electrons. The number of benzene rings is 1. The standard InChI is InChI=1S/C28H31N3O2.H2S/c1-4-19(14-25(32)5-2)26-13-12-23(17-29-26)21-8-6-20(7-9-21)18(3)28(33)16-24-15-27(31-30-24)22-10-11-22;/h5-9,12-13,15,17-19,22H,2,4,10-11,14,16H2,1,3H3,(H,30,31);1H2/t18-,19?;/m0./s1. The van der Waals surface area contributed by atoms with Gasteiger partial charge in [-0.15, -0.1) is 0 Å². The monoisotopic (exact) mass is 475 g/mol.